The highest BCUT2D eigenvalue weighted by Gasteiger charge is 2.31. The normalized spacial score (nSPS) is 23.8. The van der Waals surface area contributed by atoms with Gasteiger partial charge >= 0.3 is 0 Å². The maximum atomic E-state index is 9.98. The molecule has 2 N–H and O–H groups in total. The predicted molar refractivity (Wildman–Crippen MR) is 78.5 cm³/mol. The summed E-state index contributed by atoms with van der Waals surface area (Å²) in [6, 6.07) is 3.79. The zero-order chi connectivity index (χ0) is 13.9. The first-order chi connectivity index (χ1) is 9.00. The molecule has 2 heterocycles. The summed E-state index contributed by atoms with van der Waals surface area (Å²) in [6.45, 7) is 7.16. The van der Waals surface area contributed by atoms with E-state index in [9.17, 15) is 5.11 Å². The second-order valence-electron chi connectivity index (χ2n) is 5.51. The Balaban J connectivity index is 2.03. The number of nitrogens with zero attached hydrogens (tertiary/aromatic N) is 2. The first-order valence-electron chi connectivity index (χ1n) is 6.84. The Kier molecular flexibility index (Phi) is 4.66. The Bertz CT molecular complexity index is 437. The number of likely N-dealkylation sites (tertiary alicyclic amines) is 1. The van der Waals surface area contributed by atoms with Crippen LogP contribution in [0.15, 0.2) is 12.1 Å². The van der Waals surface area contributed by atoms with Crippen LogP contribution in [0.1, 0.15) is 32.4 Å². The number of rotatable bonds is 5. The Morgan fingerprint density at radius 3 is 2.95 bits per heavy atom. The van der Waals surface area contributed by atoms with Gasteiger partial charge in [0.05, 0.1) is 16.3 Å². The van der Waals surface area contributed by atoms with Crippen LogP contribution >= 0.6 is 11.6 Å². The van der Waals surface area contributed by atoms with Crippen molar-refractivity contribution in [3.8, 4) is 0 Å². The van der Waals surface area contributed by atoms with E-state index in [4.69, 9.17) is 11.6 Å². The lowest BCUT2D eigenvalue weighted by atomic mass is 10.1. The van der Waals surface area contributed by atoms with Gasteiger partial charge in [0.25, 0.3) is 0 Å². The molecule has 19 heavy (non-hydrogen) atoms. The molecule has 5 heteroatoms. The predicted octanol–water partition coefficient (Wildman–Crippen LogP) is 2.51. The van der Waals surface area contributed by atoms with Gasteiger partial charge in [-0.05, 0) is 31.9 Å². The zero-order valence-corrected chi connectivity index (χ0v) is 12.4. The number of β-amino-alcohol motifs (C(OH)–C–C–N with tert-alkyl or cyclic N) is 1. The van der Waals surface area contributed by atoms with E-state index in [1.54, 1.807) is 0 Å². The smallest absolute Gasteiger partial charge is 0.126 e. The van der Waals surface area contributed by atoms with Crippen LogP contribution in [0.3, 0.4) is 0 Å². The fourth-order valence-corrected chi connectivity index (χ4v) is 2.50. The van der Waals surface area contributed by atoms with E-state index in [2.05, 4.69) is 22.1 Å². The molecule has 1 aromatic rings. The van der Waals surface area contributed by atoms with Crippen LogP contribution in [0, 0.1) is 0 Å². The van der Waals surface area contributed by atoms with E-state index in [1.807, 2.05) is 19.1 Å². The second-order valence-corrected chi connectivity index (χ2v) is 5.92. The molecule has 106 valence electrons. The van der Waals surface area contributed by atoms with Gasteiger partial charge in [0.1, 0.15) is 5.82 Å². The third kappa shape index (κ3) is 4.06. The lowest BCUT2D eigenvalue weighted by molar-refractivity contribution is 0.0677. The van der Waals surface area contributed by atoms with E-state index < -0.39 is 5.60 Å². The van der Waals surface area contributed by atoms with Crippen molar-refractivity contribution >= 4 is 17.4 Å². The molecule has 1 aliphatic heterocycles. The van der Waals surface area contributed by atoms with Gasteiger partial charge in [-0.25, -0.2) is 4.98 Å². The van der Waals surface area contributed by atoms with Crippen molar-refractivity contribution in [3.63, 3.8) is 0 Å². The summed E-state index contributed by atoms with van der Waals surface area (Å²) in [7, 11) is 0. The highest BCUT2D eigenvalue weighted by molar-refractivity contribution is 6.31. The Morgan fingerprint density at radius 1 is 1.53 bits per heavy atom. The third-order valence-corrected chi connectivity index (χ3v) is 3.72. The molecule has 1 fully saturated rings. The molecule has 1 aliphatic rings. The number of halogens is 1. The molecule has 0 radical (unpaired) electrons. The molecule has 2 rings (SSSR count). The Labute approximate surface area is 119 Å². The lowest BCUT2D eigenvalue weighted by Gasteiger charge is -2.19. The molecule has 0 bridgehead atoms. The molecule has 1 saturated heterocycles. The van der Waals surface area contributed by atoms with Crippen LogP contribution < -0.4 is 5.32 Å². The number of aromatic nitrogens is 1. The molecule has 0 aliphatic carbocycles. The van der Waals surface area contributed by atoms with E-state index in [0.29, 0.717) is 18.1 Å². The quantitative estimate of drug-likeness (QED) is 0.872. The maximum Gasteiger partial charge on any atom is 0.126 e. The van der Waals surface area contributed by atoms with Crippen molar-refractivity contribution in [3.05, 3.63) is 22.8 Å². The molecule has 1 aromatic heterocycles. The molecule has 1 unspecified atom stereocenters. The van der Waals surface area contributed by atoms with E-state index in [0.717, 1.165) is 37.4 Å². The Hall–Kier alpha value is -0.840. The summed E-state index contributed by atoms with van der Waals surface area (Å²) in [5, 5.41) is 13.9. The van der Waals surface area contributed by atoms with Crippen molar-refractivity contribution in [1.82, 2.24) is 9.88 Å². The van der Waals surface area contributed by atoms with Crippen molar-refractivity contribution in [2.45, 2.75) is 38.8 Å². The molecule has 0 aromatic carbocycles. The van der Waals surface area contributed by atoms with Crippen LogP contribution in [0.25, 0.3) is 0 Å². The number of anilines is 1. The van der Waals surface area contributed by atoms with E-state index >= 15 is 0 Å². The molecular formula is C14H22ClN3O. The molecule has 1 atom stereocenters. The highest BCUT2D eigenvalue weighted by atomic mass is 35.5. The molecule has 0 spiro atoms. The third-order valence-electron chi connectivity index (χ3n) is 3.38. The SMILES string of the molecule is CCCNc1ccc(Cl)c(CN2CCC(C)(O)C2)n1. The average Bonchev–Trinajstić information content (AvgIpc) is 2.70. The standard InChI is InChI=1S/C14H22ClN3O/c1-3-7-16-13-5-4-11(15)12(17-13)9-18-8-6-14(2,19)10-18/h4-5,19H,3,6-10H2,1-2H3,(H,16,17). The van der Waals surface area contributed by atoms with Gasteiger partial charge in [0.15, 0.2) is 0 Å². The van der Waals surface area contributed by atoms with Crippen molar-refractivity contribution in [2.75, 3.05) is 25.0 Å². The molecule has 4 nitrogen and oxygen atoms in total. The number of hydrogen-bond acceptors (Lipinski definition) is 4. The van der Waals surface area contributed by atoms with Crippen molar-refractivity contribution in [1.29, 1.82) is 0 Å². The largest absolute Gasteiger partial charge is 0.389 e. The van der Waals surface area contributed by atoms with E-state index in [1.165, 1.54) is 0 Å². The van der Waals surface area contributed by atoms with Crippen LogP contribution in [0.4, 0.5) is 5.82 Å². The number of pyridine rings is 1. The summed E-state index contributed by atoms with van der Waals surface area (Å²) in [4.78, 5) is 6.75. The van der Waals surface area contributed by atoms with Gasteiger partial charge in [-0.3, -0.25) is 4.90 Å². The fourth-order valence-electron chi connectivity index (χ4n) is 2.33. The molecule has 0 amide bonds. The summed E-state index contributed by atoms with van der Waals surface area (Å²) in [5.41, 5.74) is 0.297. The first kappa shape index (κ1) is 14.6. The van der Waals surface area contributed by atoms with E-state index in [-0.39, 0.29) is 0 Å². The van der Waals surface area contributed by atoms with Crippen LogP contribution in [-0.4, -0.2) is 40.2 Å². The monoisotopic (exact) mass is 283 g/mol. The summed E-state index contributed by atoms with van der Waals surface area (Å²) >= 11 is 6.20. The minimum Gasteiger partial charge on any atom is -0.389 e. The van der Waals surface area contributed by atoms with Crippen molar-refractivity contribution < 1.29 is 5.11 Å². The van der Waals surface area contributed by atoms with Crippen LogP contribution in [0.2, 0.25) is 5.02 Å². The van der Waals surface area contributed by atoms with Gasteiger partial charge in [0, 0.05) is 26.2 Å². The lowest BCUT2D eigenvalue weighted by Crippen LogP contribution is -2.29. The summed E-state index contributed by atoms with van der Waals surface area (Å²) in [5.74, 6) is 0.868. The molecular weight excluding hydrogens is 262 g/mol. The average molecular weight is 284 g/mol. The van der Waals surface area contributed by atoms with Gasteiger partial charge in [-0.15, -0.1) is 0 Å². The number of hydrogen-bond donors (Lipinski definition) is 2. The summed E-state index contributed by atoms with van der Waals surface area (Å²) < 4.78 is 0. The fraction of sp³-hybridized carbons (Fsp3) is 0.643. The number of aliphatic hydroxyl groups is 1. The minimum atomic E-state index is -0.579. The van der Waals surface area contributed by atoms with Gasteiger partial charge in [0.2, 0.25) is 0 Å². The maximum absolute atomic E-state index is 9.98. The first-order valence-corrected chi connectivity index (χ1v) is 7.22. The second kappa shape index (κ2) is 6.07. The topological polar surface area (TPSA) is 48.4 Å². The van der Waals surface area contributed by atoms with Crippen molar-refractivity contribution in [2.24, 2.45) is 0 Å². The summed E-state index contributed by atoms with van der Waals surface area (Å²) in [6.07, 6.45) is 1.87. The van der Waals surface area contributed by atoms with Gasteiger partial charge < -0.3 is 10.4 Å². The van der Waals surface area contributed by atoms with Gasteiger partial charge in [-0.2, -0.15) is 0 Å². The Morgan fingerprint density at radius 2 is 2.32 bits per heavy atom. The zero-order valence-electron chi connectivity index (χ0n) is 11.6. The van der Waals surface area contributed by atoms with Crippen LogP contribution in [-0.2, 0) is 6.54 Å². The van der Waals surface area contributed by atoms with Crippen LogP contribution in [0.5, 0.6) is 0 Å². The highest BCUT2D eigenvalue weighted by Crippen LogP contribution is 2.24. The van der Waals surface area contributed by atoms with Gasteiger partial charge in [-0.1, -0.05) is 18.5 Å². The minimum absolute atomic E-state index is 0.579. The number of nitrogens with one attached hydrogen (secondary N) is 1. The molecule has 0 saturated carbocycles.